The first-order valence-corrected chi connectivity index (χ1v) is 10.5. The Bertz CT molecular complexity index is 1110. The molecule has 10 heteroatoms. The van der Waals surface area contributed by atoms with Gasteiger partial charge in [-0.2, -0.15) is 0 Å². The SMILES string of the molecule is CCNS(=O)(=O)Cc1ccccc1-c1ccc(-c2cnc(N)cn2)c(F)c1.O=CO. The molecule has 1 aromatic heterocycles. The predicted octanol–water partition coefficient (Wildman–Crippen LogP) is 2.67. The van der Waals surface area contributed by atoms with E-state index in [4.69, 9.17) is 15.6 Å². The molecular formula is C20H21FN4O4S. The van der Waals surface area contributed by atoms with Crippen molar-refractivity contribution in [3.05, 3.63) is 66.2 Å². The van der Waals surface area contributed by atoms with Gasteiger partial charge >= 0.3 is 0 Å². The summed E-state index contributed by atoms with van der Waals surface area (Å²) in [6, 6.07) is 11.7. The minimum Gasteiger partial charge on any atom is -0.483 e. The number of hydrogen-bond acceptors (Lipinski definition) is 6. The second-order valence-corrected chi connectivity index (χ2v) is 7.85. The van der Waals surface area contributed by atoms with E-state index < -0.39 is 15.8 Å². The zero-order chi connectivity index (χ0) is 22.1. The summed E-state index contributed by atoms with van der Waals surface area (Å²) in [5.41, 5.74) is 8.02. The van der Waals surface area contributed by atoms with Crippen LogP contribution in [-0.4, -0.2) is 36.5 Å². The first-order valence-electron chi connectivity index (χ1n) is 8.82. The molecule has 158 valence electrons. The number of benzene rings is 2. The smallest absolute Gasteiger partial charge is 0.290 e. The normalized spacial score (nSPS) is 10.7. The van der Waals surface area contributed by atoms with Gasteiger partial charge in [-0.05, 0) is 28.8 Å². The molecular weight excluding hydrogens is 411 g/mol. The Morgan fingerprint density at radius 2 is 1.83 bits per heavy atom. The minimum atomic E-state index is -3.45. The van der Waals surface area contributed by atoms with Crippen LogP contribution in [-0.2, 0) is 20.6 Å². The summed E-state index contributed by atoms with van der Waals surface area (Å²) >= 11 is 0. The fourth-order valence-electron chi connectivity index (χ4n) is 2.77. The highest BCUT2D eigenvalue weighted by molar-refractivity contribution is 7.88. The van der Waals surface area contributed by atoms with Crippen LogP contribution in [0.4, 0.5) is 10.2 Å². The van der Waals surface area contributed by atoms with Crippen molar-refractivity contribution in [3.63, 3.8) is 0 Å². The van der Waals surface area contributed by atoms with Crippen molar-refractivity contribution in [2.24, 2.45) is 0 Å². The van der Waals surface area contributed by atoms with Gasteiger partial charge in [-0.3, -0.25) is 9.78 Å². The topological polar surface area (TPSA) is 135 Å². The van der Waals surface area contributed by atoms with Gasteiger partial charge in [0.15, 0.2) is 0 Å². The summed E-state index contributed by atoms with van der Waals surface area (Å²) < 4.78 is 41.4. The van der Waals surface area contributed by atoms with Crippen molar-refractivity contribution in [1.82, 2.24) is 14.7 Å². The molecule has 0 amide bonds. The Hall–Kier alpha value is -3.37. The summed E-state index contributed by atoms with van der Waals surface area (Å²) in [4.78, 5) is 16.4. The van der Waals surface area contributed by atoms with Crippen molar-refractivity contribution in [3.8, 4) is 22.4 Å². The number of carbonyl (C=O) groups is 1. The summed E-state index contributed by atoms with van der Waals surface area (Å²) in [5, 5.41) is 6.89. The third kappa shape index (κ3) is 6.06. The quantitative estimate of drug-likeness (QED) is 0.510. The van der Waals surface area contributed by atoms with Crippen molar-refractivity contribution in [2.45, 2.75) is 12.7 Å². The highest BCUT2D eigenvalue weighted by atomic mass is 32.2. The molecule has 0 aliphatic heterocycles. The van der Waals surface area contributed by atoms with E-state index in [0.717, 1.165) is 0 Å². The highest BCUT2D eigenvalue weighted by Crippen LogP contribution is 2.29. The molecule has 8 nitrogen and oxygen atoms in total. The van der Waals surface area contributed by atoms with Gasteiger partial charge in [-0.15, -0.1) is 0 Å². The zero-order valence-corrected chi connectivity index (χ0v) is 16.9. The molecule has 30 heavy (non-hydrogen) atoms. The molecule has 0 aliphatic carbocycles. The van der Waals surface area contributed by atoms with Crippen molar-refractivity contribution < 1.29 is 22.7 Å². The van der Waals surface area contributed by atoms with Crippen LogP contribution in [0.1, 0.15) is 12.5 Å². The lowest BCUT2D eigenvalue weighted by Crippen LogP contribution is -2.24. The third-order valence-corrected chi connectivity index (χ3v) is 5.37. The van der Waals surface area contributed by atoms with Crippen LogP contribution in [0, 0.1) is 5.82 Å². The number of rotatable bonds is 6. The summed E-state index contributed by atoms with van der Waals surface area (Å²) in [5.74, 6) is -0.397. The molecule has 1 heterocycles. The number of carboxylic acid groups (broad SMARTS) is 1. The highest BCUT2D eigenvalue weighted by Gasteiger charge is 2.15. The third-order valence-electron chi connectivity index (χ3n) is 3.95. The maximum atomic E-state index is 14.7. The van der Waals surface area contributed by atoms with Crippen LogP contribution in [0.2, 0.25) is 0 Å². The number of nitrogen functional groups attached to an aromatic ring is 1. The van der Waals surface area contributed by atoms with Gasteiger partial charge < -0.3 is 10.8 Å². The Morgan fingerprint density at radius 3 is 2.43 bits per heavy atom. The molecule has 0 bridgehead atoms. The molecule has 0 saturated heterocycles. The lowest BCUT2D eigenvalue weighted by molar-refractivity contribution is -0.122. The van der Waals surface area contributed by atoms with Crippen LogP contribution in [0.25, 0.3) is 22.4 Å². The fourth-order valence-corrected chi connectivity index (χ4v) is 3.97. The number of nitrogens with one attached hydrogen (secondary N) is 1. The Morgan fingerprint density at radius 1 is 1.13 bits per heavy atom. The molecule has 2 aromatic carbocycles. The molecule has 0 spiro atoms. The lowest BCUT2D eigenvalue weighted by atomic mass is 9.98. The van der Waals surface area contributed by atoms with Crippen molar-refractivity contribution >= 4 is 22.3 Å². The standard InChI is InChI=1S/C19H19FN4O2S.CH2O2/c1-2-24-27(25,26)12-14-5-3-4-6-15(14)13-7-8-16(17(20)9-13)18-10-23-19(21)11-22-18;2-1-3/h3-11,24H,2,12H2,1H3,(H2,21,23);1H,(H,2,3). The molecule has 0 saturated carbocycles. The number of aromatic nitrogens is 2. The molecule has 0 aliphatic rings. The summed E-state index contributed by atoms with van der Waals surface area (Å²) in [6.45, 7) is 1.79. The Kier molecular flexibility index (Phi) is 7.96. The van der Waals surface area contributed by atoms with Gasteiger partial charge in [0.1, 0.15) is 11.6 Å². The van der Waals surface area contributed by atoms with Gasteiger partial charge in [0, 0.05) is 12.1 Å². The zero-order valence-electron chi connectivity index (χ0n) is 16.1. The molecule has 3 aromatic rings. The first kappa shape index (κ1) is 22.9. The van der Waals surface area contributed by atoms with Crippen molar-refractivity contribution in [1.29, 1.82) is 0 Å². The van der Waals surface area contributed by atoms with Crippen LogP contribution in [0.3, 0.4) is 0 Å². The second kappa shape index (κ2) is 10.4. The molecule has 4 N–H and O–H groups in total. The average molecular weight is 432 g/mol. The first-order chi connectivity index (χ1) is 14.3. The predicted molar refractivity (Wildman–Crippen MR) is 112 cm³/mol. The van der Waals surface area contributed by atoms with Gasteiger partial charge in [0.05, 0.1) is 23.8 Å². The average Bonchev–Trinajstić information content (AvgIpc) is 2.69. The van der Waals surface area contributed by atoms with E-state index in [1.54, 1.807) is 43.3 Å². The lowest BCUT2D eigenvalue weighted by Gasteiger charge is -2.12. The largest absolute Gasteiger partial charge is 0.483 e. The summed E-state index contributed by atoms with van der Waals surface area (Å²) in [6.07, 6.45) is 2.77. The maximum Gasteiger partial charge on any atom is 0.290 e. The number of hydrogen-bond donors (Lipinski definition) is 3. The summed E-state index contributed by atoms with van der Waals surface area (Å²) in [7, 11) is -3.45. The van der Waals surface area contributed by atoms with Crippen molar-refractivity contribution in [2.75, 3.05) is 12.3 Å². The molecule has 0 atom stereocenters. The van der Waals surface area contributed by atoms with E-state index >= 15 is 0 Å². The number of anilines is 1. The fraction of sp³-hybridized carbons (Fsp3) is 0.150. The number of sulfonamides is 1. The monoisotopic (exact) mass is 432 g/mol. The maximum absolute atomic E-state index is 14.7. The van der Waals surface area contributed by atoms with Gasteiger partial charge in [-0.1, -0.05) is 37.3 Å². The van der Waals surface area contributed by atoms with E-state index in [1.807, 2.05) is 0 Å². The van der Waals surface area contributed by atoms with Crippen LogP contribution in [0.15, 0.2) is 54.9 Å². The Labute approximate surface area is 173 Å². The van der Waals surface area contributed by atoms with E-state index in [1.165, 1.54) is 18.5 Å². The van der Waals surface area contributed by atoms with Crippen LogP contribution < -0.4 is 10.5 Å². The van der Waals surface area contributed by atoms with E-state index in [9.17, 15) is 12.8 Å². The van der Waals surface area contributed by atoms with Crippen LogP contribution >= 0.6 is 0 Å². The van der Waals surface area contributed by atoms with Gasteiger partial charge in [0.2, 0.25) is 10.0 Å². The van der Waals surface area contributed by atoms with E-state index in [-0.39, 0.29) is 18.0 Å². The second-order valence-electron chi connectivity index (χ2n) is 6.04. The number of halogens is 1. The molecule has 0 fully saturated rings. The number of nitrogens with zero attached hydrogens (tertiary/aromatic N) is 2. The molecule has 0 unspecified atom stereocenters. The minimum absolute atomic E-state index is 0.177. The van der Waals surface area contributed by atoms with E-state index in [2.05, 4.69) is 14.7 Å². The number of nitrogens with two attached hydrogens (primary N) is 1. The molecule has 3 rings (SSSR count). The van der Waals surface area contributed by atoms with Crippen LogP contribution in [0.5, 0.6) is 0 Å². The van der Waals surface area contributed by atoms with Gasteiger partial charge in [0.25, 0.3) is 6.47 Å². The van der Waals surface area contributed by atoms with E-state index in [0.29, 0.717) is 34.5 Å². The molecule has 0 radical (unpaired) electrons. The van der Waals surface area contributed by atoms with Gasteiger partial charge in [-0.25, -0.2) is 22.5 Å². The Balaban J connectivity index is 0.00000101.